The molecule has 1 atom stereocenters. The maximum absolute atomic E-state index is 5.03. The van der Waals surface area contributed by atoms with Crippen LogP contribution in [0.3, 0.4) is 0 Å². The number of benzene rings is 6. The lowest BCUT2D eigenvalue weighted by Crippen LogP contribution is -2.33. The standard InChI is InChI=1S/C41H34N4/c1-27-14-23-38(42-25-27)44(32-10-6-4-7-11-32)36-21-17-30-16-20-35-37(22-18-31-15-19-34(36)39(30)40(31)35)45(33-12-8-5-9-13-33)41-29(3)24-28(2)26-43-41/h4-23,25-26,29H,24H2,1-3H3. The topological polar surface area (TPSA) is 31.7 Å². The van der Waals surface area contributed by atoms with Crippen LogP contribution < -0.4 is 9.80 Å². The zero-order valence-electron chi connectivity index (χ0n) is 25.8. The summed E-state index contributed by atoms with van der Waals surface area (Å²) >= 11 is 0. The predicted octanol–water partition coefficient (Wildman–Crippen LogP) is 11.2. The van der Waals surface area contributed by atoms with Crippen LogP contribution in [0.2, 0.25) is 0 Å². The normalized spacial score (nSPS) is 15.0. The summed E-state index contributed by atoms with van der Waals surface area (Å²) in [6.45, 7) is 6.53. The van der Waals surface area contributed by atoms with Gasteiger partial charge in [-0.05, 0) is 89.8 Å². The van der Waals surface area contributed by atoms with E-state index in [0.29, 0.717) is 5.92 Å². The zero-order chi connectivity index (χ0) is 30.5. The Morgan fingerprint density at radius 2 is 1.16 bits per heavy atom. The molecule has 8 rings (SSSR count). The minimum absolute atomic E-state index is 0.293. The second kappa shape index (κ2) is 10.9. The number of para-hydroxylation sites is 2. The fourth-order valence-corrected chi connectivity index (χ4v) is 6.90. The molecule has 1 unspecified atom stereocenters. The highest BCUT2D eigenvalue weighted by molar-refractivity contribution is 6.29. The summed E-state index contributed by atoms with van der Waals surface area (Å²) in [6, 6.07) is 43.6. The number of allylic oxidation sites excluding steroid dienone is 1. The molecule has 7 aromatic rings. The lowest BCUT2D eigenvalue weighted by atomic mass is 9.91. The Morgan fingerprint density at radius 1 is 0.600 bits per heavy atom. The van der Waals surface area contributed by atoms with Gasteiger partial charge in [-0.2, -0.15) is 0 Å². The zero-order valence-corrected chi connectivity index (χ0v) is 25.8. The van der Waals surface area contributed by atoms with Gasteiger partial charge < -0.3 is 0 Å². The fraction of sp³-hybridized carbons (Fsp3) is 0.122. The molecule has 0 bridgehead atoms. The first-order valence-corrected chi connectivity index (χ1v) is 15.6. The Balaban J connectivity index is 1.40. The molecule has 0 spiro atoms. The molecular weight excluding hydrogens is 548 g/mol. The third-order valence-electron chi connectivity index (χ3n) is 8.97. The van der Waals surface area contributed by atoms with Crippen molar-refractivity contribution in [1.29, 1.82) is 0 Å². The molecule has 0 amide bonds. The van der Waals surface area contributed by atoms with Gasteiger partial charge in [0, 0.05) is 40.5 Å². The minimum atomic E-state index is 0.293. The first-order chi connectivity index (χ1) is 22.1. The number of aryl methyl sites for hydroxylation is 1. The number of amidine groups is 1. The molecule has 45 heavy (non-hydrogen) atoms. The molecule has 1 aliphatic rings. The molecule has 0 fully saturated rings. The van der Waals surface area contributed by atoms with Crippen molar-refractivity contribution in [1.82, 2.24) is 4.98 Å². The van der Waals surface area contributed by atoms with Gasteiger partial charge in [0.15, 0.2) is 0 Å². The van der Waals surface area contributed by atoms with E-state index >= 15 is 0 Å². The summed E-state index contributed by atoms with van der Waals surface area (Å²) in [6.07, 6.45) is 4.97. The summed E-state index contributed by atoms with van der Waals surface area (Å²) in [5.74, 6) is 2.26. The highest BCUT2D eigenvalue weighted by atomic mass is 15.2. The second-order valence-electron chi connectivity index (χ2n) is 12.2. The van der Waals surface area contributed by atoms with Crippen LogP contribution in [0.1, 0.15) is 25.8 Å². The van der Waals surface area contributed by atoms with E-state index in [-0.39, 0.29) is 0 Å². The number of pyridine rings is 1. The number of rotatable bonds is 5. The lowest BCUT2D eigenvalue weighted by Gasteiger charge is -2.33. The number of hydrogen-bond donors (Lipinski definition) is 0. The van der Waals surface area contributed by atoms with Crippen LogP contribution >= 0.6 is 0 Å². The first-order valence-electron chi connectivity index (χ1n) is 15.6. The van der Waals surface area contributed by atoms with Gasteiger partial charge in [0.25, 0.3) is 0 Å². The molecule has 0 N–H and O–H groups in total. The summed E-state index contributed by atoms with van der Waals surface area (Å²) < 4.78 is 0. The minimum Gasteiger partial charge on any atom is -0.298 e. The van der Waals surface area contributed by atoms with Crippen molar-refractivity contribution >= 4 is 66.7 Å². The van der Waals surface area contributed by atoms with Crippen molar-refractivity contribution in [2.45, 2.75) is 27.2 Å². The number of aliphatic imine (C=N–C) groups is 1. The molecular formula is C41H34N4. The lowest BCUT2D eigenvalue weighted by molar-refractivity contribution is 0.732. The maximum Gasteiger partial charge on any atom is 0.137 e. The van der Waals surface area contributed by atoms with Gasteiger partial charge in [0.1, 0.15) is 11.7 Å². The molecule has 2 heterocycles. The molecule has 0 radical (unpaired) electrons. The van der Waals surface area contributed by atoms with Crippen molar-refractivity contribution < 1.29 is 0 Å². The van der Waals surface area contributed by atoms with Gasteiger partial charge in [0.2, 0.25) is 0 Å². The third kappa shape index (κ3) is 4.61. The predicted molar refractivity (Wildman–Crippen MR) is 191 cm³/mol. The van der Waals surface area contributed by atoms with Crippen LogP contribution in [-0.4, -0.2) is 10.8 Å². The summed E-state index contributed by atoms with van der Waals surface area (Å²) in [4.78, 5) is 14.5. The van der Waals surface area contributed by atoms with Crippen LogP contribution in [0.25, 0.3) is 32.3 Å². The molecule has 6 aromatic carbocycles. The van der Waals surface area contributed by atoms with E-state index in [0.717, 1.165) is 46.4 Å². The summed E-state index contributed by atoms with van der Waals surface area (Å²) in [5, 5.41) is 7.40. The molecule has 1 aliphatic heterocycles. The molecule has 218 valence electrons. The smallest absolute Gasteiger partial charge is 0.137 e. The van der Waals surface area contributed by atoms with E-state index in [2.05, 4.69) is 152 Å². The Kier molecular flexibility index (Phi) is 6.57. The summed E-state index contributed by atoms with van der Waals surface area (Å²) in [7, 11) is 0. The number of nitrogens with zero attached hydrogens (tertiary/aromatic N) is 4. The maximum atomic E-state index is 5.03. The van der Waals surface area contributed by atoms with Gasteiger partial charge in [-0.1, -0.05) is 91.4 Å². The SMILES string of the molecule is CC1=CN=C(N(c2ccccc2)c2ccc3ccc4c(N(c5ccccc5)c5ccc(C)cn5)ccc5ccc2c3c54)C(C)C1. The second-order valence-corrected chi connectivity index (χ2v) is 12.2. The number of anilines is 5. The van der Waals surface area contributed by atoms with E-state index < -0.39 is 0 Å². The van der Waals surface area contributed by atoms with Gasteiger partial charge in [-0.15, -0.1) is 0 Å². The summed E-state index contributed by atoms with van der Waals surface area (Å²) in [5.41, 5.74) is 6.90. The van der Waals surface area contributed by atoms with Gasteiger partial charge in [-0.3, -0.25) is 9.80 Å². The third-order valence-corrected chi connectivity index (χ3v) is 8.97. The van der Waals surface area contributed by atoms with Gasteiger partial charge >= 0.3 is 0 Å². The molecule has 4 nitrogen and oxygen atoms in total. The molecule has 0 saturated carbocycles. The van der Waals surface area contributed by atoms with E-state index in [1.807, 2.05) is 12.4 Å². The van der Waals surface area contributed by atoms with Crippen LogP contribution in [0, 0.1) is 12.8 Å². The van der Waals surface area contributed by atoms with E-state index in [9.17, 15) is 0 Å². The van der Waals surface area contributed by atoms with E-state index in [4.69, 9.17) is 9.98 Å². The highest BCUT2D eigenvalue weighted by Gasteiger charge is 2.26. The van der Waals surface area contributed by atoms with Crippen LogP contribution in [0.15, 0.2) is 144 Å². The van der Waals surface area contributed by atoms with E-state index in [1.54, 1.807) is 0 Å². The number of aromatic nitrogens is 1. The van der Waals surface area contributed by atoms with Crippen molar-refractivity contribution in [2.75, 3.05) is 9.80 Å². The van der Waals surface area contributed by atoms with E-state index in [1.165, 1.54) is 37.9 Å². The fourth-order valence-electron chi connectivity index (χ4n) is 6.90. The largest absolute Gasteiger partial charge is 0.298 e. The van der Waals surface area contributed by atoms with Crippen molar-refractivity contribution in [3.8, 4) is 0 Å². The monoisotopic (exact) mass is 582 g/mol. The molecule has 1 aromatic heterocycles. The Hall–Kier alpha value is -5.48. The van der Waals surface area contributed by atoms with Crippen molar-refractivity contribution in [3.05, 3.63) is 145 Å². The highest BCUT2D eigenvalue weighted by Crippen LogP contribution is 2.46. The van der Waals surface area contributed by atoms with Crippen LogP contribution in [-0.2, 0) is 0 Å². The van der Waals surface area contributed by atoms with Crippen molar-refractivity contribution in [3.63, 3.8) is 0 Å². The van der Waals surface area contributed by atoms with Gasteiger partial charge in [-0.25, -0.2) is 9.98 Å². The Bertz CT molecular complexity index is 2220. The Labute approximate surface area is 263 Å². The average molecular weight is 583 g/mol. The average Bonchev–Trinajstić information content (AvgIpc) is 3.07. The molecule has 0 aliphatic carbocycles. The Morgan fingerprint density at radius 3 is 1.71 bits per heavy atom. The van der Waals surface area contributed by atoms with Crippen LogP contribution in [0.4, 0.5) is 28.6 Å². The molecule has 0 saturated heterocycles. The van der Waals surface area contributed by atoms with Crippen LogP contribution in [0.5, 0.6) is 0 Å². The first kappa shape index (κ1) is 27.1. The van der Waals surface area contributed by atoms with Gasteiger partial charge in [0.05, 0.1) is 11.4 Å². The quantitative estimate of drug-likeness (QED) is 0.189. The van der Waals surface area contributed by atoms with Crippen molar-refractivity contribution in [2.24, 2.45) is 10.9 Å². The number of hydrogen-bond acceptors (Lipinski definition) is 4. The molecule has 4 heteroatoms.